The van der Waals surface area contributed by atoms with E-state index in [2.05, 4.69) is 42.0 Å². The standard InChI is InChI=1S/C16H30N4/c1-13(2)18-16(4,12-17)10-14(3)20-9-8-19-7-5-6-15(19)11-20/h13-15,18H,5-11H2,1-4H3. The number of hydrogen-bond donors (Lipinski definition) is 1. The molecule has 4 nitrogen and oxygen atoms in total. The number of rotatable bonds is 5. The lowest BCUT2D eigenvalue weighted by Crippen LogP contribution is -2.55. The summed E-state index contributed by atoms with van der Waals surface area (Å²) in [4.78, 5) is 5.23. The normalized spacial score (nSPS) is 28.9. The number of nitrogens with one attached hydrogen (secondary N) is 1. The third-order valence-corrected chi connectivity index (χ3v) is 4.80. The molecule has 0 aromatic rings. The van der Waals surface area contributed by atoms with Gasteiger partial charge in [0, 0.05) is 37.8 Å². The molecule has 0 spiro atoms. The summed E-state index contributed by atoms with van der Waals surface area (Å²) in [5.74, 6) is 0. The summed E-state index contributed by atoms with van der Waals surface area (Å²) < 4.78 is 0. The zero-order chi connectivity index (χ0) is 14.8. The zero-order valence-electron chi connectivity index (χ0n) is 13.5. The summed E-state index contributed by atoms with van der Waals surface area (Å²) in [6, 6.07) is 4.05. The summed E-state index contributed by atoms with van der Waals surface area (Å²) in [5, 5.41) is 12.9. The molecule has 2 heterocycles. The van der Waals surface area contributed by atoms with Crippen molar-refractivity contribution in [2.75, 3.05) is 26.2 Å². The summed E-state index contributed by atoms with van der Waals surface area (Å²) in [6.45, 7) is 13.4. The second kappa shape index (κ2) is 6.43. The highest BCUT2D eigenvalue weighted by molar-refractivity contribution is 5.06. The lowest BCUT2D eigenvalue weighted by atomic mass is 9.93. The fourth-order valence-electron chi connectivity index (χ4n) is 3.91. The molecule has 0 aliphatic carbocycles. The fraction of sp³-hybridized carbons (Fsp3) is 0.938. The van der Waals surface area contributed by atoms with Gasteiger partial charge >= 0.3 is 0 Å². The van der Waals surface area contributed by atoms with Gasteiger partial charge < -0.3 is 0 Å². The monoisotopic (exact) mass is 278 g/mol. The van der Waals surface area contributed by atoms with Gasteiger partial charge in [0.25, 0.3) is 0 Å². The number of hydrogen-bond acceptors (Lipinski definition) is 4. The molecule has 0 radical (unpaired) electrons. The highest BCUT2D eigenvalue weighted by Gasteiger charge is 2.35. The first-order valence-electron chi connectivity index (χ1n) is 8.10. The Bertz CT molecular complexity index is 362. The maximum atomic E-state index is 9.49. The van der Waals surface area contributed by atoms with Crippen LogP contribution in [0.1, 0.15) is 47.0 Å². The minimum Gasteiger partial charge on any atom is -0.298 e. The van der Waals surface area contributed by atoms with Crippen LogP contribution in [0.15, 0.2) is 0 Å². The van der Waals surface area contributed by atoms with E-state index in [0.717, 1.165) is 19.0 Å². The first-order valence-corrected chi connectivity index (χ1v) is 8.10. The molecule has 2 fully saturated rings. The molecular weight excluding hydrogens is 248 g/mol. The Kier molecular flexibility index (Phi) is 5.06. The molecule has 2 aliphatic rings. The second-order valence-electron chi connectivity index (χ2n) is 7.12. The maximum absolute atomic E-state index is 9.49. The van der Waals surface area contributed by atoms with Gasteiger partial charge in [-0.25, -0.2) is 0 Å². The Morgan fingerprint density at radius 2 is 2.05 bits per heavy atom. The summed E-state index contributed by atoms with van der Waals surface area (Å²) in [7, 11) is 0. The minimum absolute atomic E-state index is 0.346. The fourth-order valence-corrected chi connectivity index (χ4v) is 3.91. The summed E-state index contributed by atoms with van der Waals surface area (Å²) in [5.41, 5.74) is -0.416. The molecule has 0 bridgehead atoms. The van der Waals surface area contributed by atoms with E-state index in [-0.39, 0.29) is 0 Å². The SMILES string of the molecule is CC(C)NC(C)(C#N)CC(C)N1CCN2CCCC2C1. The van der Waals surface area contributed by atoms with Crippen molar-refractivity contribution in [2.24, 2.45) is 0 Å². The first kappa shape index (κ1) is 15.8. The van der Waals surface area contributed by atoms with Crippen LogP contribution in [0.25, 0.3) is 0 Å². The second-order valence-corrected chi connectivity index (χ2v) is 7.12. The van der Waals surface area contributed by atoms with E-state index in [4.69, 9.17) is 0 Å². The van der Waals surface area contributed by atoms with Crippen LogP contribution in [0.2, 0.25) is 0 Å². The van der Waals surface area contributed by atoms with Crippen LogP contribution in [-0.4, -0.2) is 59.6 Å². The van der Waals surface area contributed by atoms with Crippen LogP contribution in [0.3, 0.4) is 0 Å². The molecule has 4 heteroatoms. The molecule has 2 aliphatic heterocycles. The van der Waals surface area contributed by atoms with Crippen LogP contribution in [-0.2, 0) is 0 Å². The number of fused-ring (bicyclic) bond motifs is 1. The van der Waals surface area contributed by atoms with E-state index in [1.165, 1.54) is 32.5 Å². The van der Waals surface area contributed by atoms with E-state index < -0.39 is 5.54 Å². The molecule has 0 amide bonds. The lowest BCUT2D eigenvalue weighted by Gasteiger charge is -2.42. The van der Waals surface area contributed by atoms with E-state index in [9.17, 15) is 5.26 Å². The molecule has 0 saturated carbocycles. The van der Waals surface area contributed by atoms with Gasteiger partial charge in [0.05, 0.1) is 6.07 Å². The van der Waals surface area contributed by atoms with Gasteiger partial charge in [0.2, 0.25) is 0 Å². The van der Waals surface area contributed by atoms with E-state index >= 15 is 0 Å². The van der Waals surface area contributed by atoms with Gasteiger partial charge in [-0.1, -0.05) is 0 Å². The number of piperazine rings is 1. The van der Waals surface area contributed by atoms with Crippen molar-refractivity contribution >= 4 is 0 Å². The van der Waals surface area contributed by atoms with Crippen molar-refractivity contribution in [3.05, 3.63) is 0 Å². The van der Waals surface area contributed by atoms with Crippen LogP contribution < -0.4 is 5.32 Å². The van der Waals surface area contributed by atoms with E-state index in [0.29, 0.717) is 12.1 Å². The lowest BCUT2D eigenvalue weighted by molar-refractivity contribution is 0.0670. The van der Waals surface area contributed by atoms with Gasteiger partial charge in [-0.2, -0.15) is 5.26 Å². The zero-order valence-corrected chi connectivity index (χ0v) is 13.5. The van der Waals surface area contributed by atoms with Crippen molar-refractivity contribution in [3.8, 4) is 6.07 Å². The van der Waals surface area contributed by atoms with Gasteiger partial charge in [-0.15, -0.1) is 0 Å². The maximum Gasteiger partial charge on any atom is 0.105 e. The van der Waals surface area contributed by atoms with E-state index in [1.807, 2.05) is 6.92 Å². The predicted molar refractivity (Wildman–Crippen MR) is 82.5 cm³/mol. The van der Waals surface area contributed by atoms with Crippen molar-refractivity contribution in [3.63, 3.8) is 0 Å². The van der Waals surface area contributed by atoms with Crippen molar-refractivity contribution < 1.29 is 0 Å². The highest BCUT2D eigenvalue weighted by Crippen LogP contribution is 2.25. The summed E-state index contributed by atoms with van der Waals surface area (Å²) >= 11 is 0. The topological polar surface area (TPSA) is 42.3 Å². The molecular formula is C16H30N4. The van der Waals surface area contributed by atoms with Crippen molar-refractivity contribution in [1.29, 1.82) is 5.26 Å². The third kappa shape index (κ3) is 3.72. The Morgan fingerprint density at radius 1 is 1.30 bits per heavy atom. The molecule has 2 rings (SSSR count). The largest absolute Gasteiger partial charge is 0.298 e. The molecule has 2 saturated heterocycles. The Morgan fingerprint density at radius 3 is 2.70 bits per heavy atom. The first-order chi connectivity index (χ1) is 9.43. The van der Waals surface area contributed by atoms with Gasteiger partial charge in [-0.05, 0) is 53.5 Å². The summed E-state index contributed by atoms with van der Waals surface area (Å²) in [6.07, 6.45) is 3.61. The molecule has 0 aromatic carbocycles. The Hall–Kier alpha value is -0.630. The number of nitriles is 1. The smallest absolute Gasteiger partial charge is 0.105 e. The van der Waals surface area contributed by atoms with Crippen LogP contribution >= 0.6 is 0 Å². The highest BCUT2D eigenvalue weighted by atomic mass is 15.3. The van der Waals surface area contributed by atoms with Crippen LogP contribution in [0.4, 0.5) is 0 Å². The van der Waals surface area contributed by atoms with Gasteiger partial charge in [0.1, 0.15) is 5.54 Å². The Labute approximate surface area is 124 Å². The Balaban J connectivity index is 1.90. The van der Waals surface area contributed by atoms with Crippen LogP contribution in [0.5, 0.6) is 0 Å². The molecule has 0 aromatic heterocycles. The quantitative estimate of drug-likeness (QED) is 0.833. The number of nitrogens with zero attached hydrogens (tertiary/aromatic N) is 3. The molecule has 3 unspecified atom stereocenters. The molecule has 114 valence electrons. The van der Waals surface area contributed by atoms with Crippen molar-refractivity contribution in [2.45, 2.75) is 70.6 Å². The van der Waals surface area contributed by atoms with E-state index in [1.54, 1.807) is 0 Å². The molecule has 3 atom stereocenters. The molecule has 1 N–H and O–H groups in total. The average Bonchev–Trinajstić information content (AvgIpc) is 2.84. The molecule has 20 heavy (non-hydrogen) atoms. The predicted octanol–water partition coefficient (Wildman–Crippen LogP) is 1.83. The average molecular weight is 278 g/mol. The third-order valence-electron chi connectivity index (χ3n) is 4.80. The van der Waals surface area contributed by atoms with Crippen molar-refractivity contribution in [1.82, 2.24) is 15.1 Å². The van der Waals surface area contributed by atoms with Gasteiger partial charge in [-0.3, -0.25) is 15.1 Å². The minimum atomic E-state index is -0.416. The van der Waals surface area contributed by atoms with Crippen LogP contribution in [0, 0.1) is 11.3 Å². The van der Waals surface area contributed by atoms with Gasteiger partial charge in [0.15, 0.2) is 0 Å².